The van der Waals surface area contributed by atoms with E-state index in [0.717, 1.165) is 17.8 Å². The Hall–Kier alpha value is -2.36. The number of aromatic nitrogens is 2. The van der Waals surface area contributed by atoms with Crippen LogP contribution < -0.4 is 5.32 Å². The molecule has 4 nitrogen and oxygen atoms in total. The van der Waals surface area contributed by atoms with Crippen LogP contribution in [0.15, 0.2) is 30.5 Å². The molecular formula is C21H27N3O. The summed E-state index contributed by atoms with van der Waals surface area (Å²) in [5.41, 5.74) is 6.12. The summed E-state index contributed by atoms with van der Waals surface area (Å²) in [6, 6.07) is 6.19. The van der Waals surface area contributed by atoms with Crippen LogP contribution in [0, 0.1) is 12.8 Å². The lowest BCUT2D eigenvalue weighted by Crippen LogP contribution is -2.14. The number of hydrogen-bond donors (Lipinski definition) is 1. The van der Waals surface area contributed by atoms with Gasteiger partial charge in [-0.25, -0.2) is 0 Å². The Balaban J connectivity index is 1.89. The number of aryl methyl sites for hydroxylation is 2. The van der Waals surface area contributed by atoms with Gasteiger partial charge in [-0.1, -0.05) is 38.5 Å². The van der Waals surface area contributed by atoms with E-state index < -0.39 is 0 Å². The molecule has 0 fully saturated rings. The molecule has 1 N–H and O–H groups in total. The molecule has 1 heterocycles. The maximum atomic E-state index is 12.7. The van der Waals surface area contributed by atoms with Gasteiger partial charge in [0.25, 0.3) is 5.91 Å². The van der Waals surface area contributed by atoms with Crippen LogP contribution in [-0.2, 0) is 7.05 Å². The predicted molar refractivity (Wildman–Crippen MR) is 103 cm³/mol. The van der Waals surface area contributed by atoms with Crippen molar-refractivity contribution in [1.29, 1.82) is 0 Å². The summed E-state index contributed by atoms with van der Waals surface area (Å²) in [4.78, 5) is 12.7. The zero-order valence-corrected chi connectivity index (χ0v) is 15.8. The van der Waals surface area contributed by atoms with E-state index in [1.54, 1.807) is 10.9 Å². The van der Waals surface area contributed by atoms with Crippen molar-refractivity contribution >= 4 is 17.2 Å². The average molecular weight is 337 g/mol. The topological polar surface area (TPSA) is 46.9 Å². The van der Waals surface area contributed by atoms with Crippen molar-refractivity contribution < 1.29 is 4.79 Å². The second-order valence-corrected chi connectivity index (χ2v) is 7.45. The van der Waals surface area contributed by atoms with E-state index in [1.165, 1.54) is 23.1 Å². The number of carbonyl (C=O) groups excluding carboxylic acids is 1. The van der Waals surface area contributed by atoms with Crippen LogP contribution in [0.5, 0.6) is 0 Å². The lowest BCUT2D eigenvalue weighted by molar-refractivity contribution is 0.102. The molecule has 132 valence electrons. The Morgan fingerprint density at radius 3 is 2.72 bits per heavy atom. The highest BCUT2D eigenvalue weighted by Crippen LogP contribution is 2.43. The summed E-state index contributed by atoms with van der Waals surface area (Å²) in [7, 11) is 1.83. The van der Waals surface area contributed by atoms with Crippen molar-refractivity contribution in [2.75, 3.05) is 5.32 Å². The summed E-state index contributed by atoms with van der Waals surface area (Å²) < 4.78 is 1.68. The molecule has 1 aliphatic rings. The third-order valence-corrected chi connectivity index (χ3v) is 4.91. The van der Waals surface area contributed by atoms with Gasteiger partial charge in [-0.3, -0.25) is 9.48 Å². The highest BCUT2D eigenvalue weighted by atomic mass is 16.1. The zero-order valence-electron chi connectivity index (χ0n) is 15.8. The molecule has 1 aromatic heterocycles. The van der Waals surface area contributed by atoms with E-state index in [0.29, 0.717) is 17.4 Å². The summed E-state index contributed by atoms with van der Waals surface area (Å²) in [6.07, 6.45) is 6.41. The first-order valence-corrected chi connectivity index (χ1v) is 9.00. The number of carbonyl (C=O) groups is 1. The lowest BCUT2D eigenvalue weighted by atomic mass is 9.91. The molecular weight excluding hydrogens is 310 g/mol. The van der Waals surface area contributed by atoms with Crippen molar-refractivity contribution in [2.45, 2.75) is 46.5 Å². The highest BCUT2D eigenvalue weighted by molar-refractivity contribution is 6.05. The lowest BCUT2D eigenvalue weighted by Gasteiger charge is -2.17. The van der Waals surface area contributed by atoms with Gasteiger partial charge in [0.05, 0.1) is 11.3 Å². The molecule has 0 radical (unpaired) electrons. The maximum Gasteiger partial charge on any atom is 0.259 e. The molecule has 0 bridgehead atoms. The second kappa shape index (κ2) is 6.87. The zero-order chi connectivity index (χ0) is 18.1. The van der Waals surface area contributed by atoms with Gasteiger partial charge >= 0.3 is 0 Å². The van der Waals surface area contributed by atoms with Crippen LogP contribution in [0.3, 0.4) is 0 Å². The average Bonchev–Trinajstić information content (AvgIpc) is 3.05. The third kappa shape index (κ3) is 3.53. The molecule has 4 heteroatoms. The molecule has 1 aromatic carbocycles. The smallest absolute Gasteiger partial charge is 0.259 e. The quantitative estimate of drug-likeness (QED) is 0.842. The molecule has 0 aliphatic heterocycles. The van der Waals surface area contributed by atoms with E-state index in [9.17, 15) is 4.79 Å². The van der Waals surface area contributed by atoms with Crippen LogP contribution in [0.25, 0.3) is 5.57 Å². The van der Waals surface area contributed by atoms with Crippen molar-refractivity contribution in [3.8, 4) is 0 Å². The van der Waals surface area contributed by atoms with E-state index in [4.69, 9.17) is 0 Å². The summed E-state index contributed by atoms with van der Waals surface area (Å²) in [5.74, 6) is 0.965. The predicted octanol–water partition coefficient (Wildman–Crippen LogP) is 4.92. The van der Waals surface area contributed by atoms with E-state index >= 15 is 0 Å². The maximum absolute atomic E-state index is 12.7. The SMILES string of the molecule is CC1=CC(CCC(C)C)c2c(NC(=O)c3cn(C)nc3C)cccc21. The van der Waals surface area contributed by atoms with Crippen LogP contribution in [-0.4, -0.2) is 15.7 Å². The van der Waals surface area contributed by atoms with Gasteiger partial charge in [-0.15, -0.1) is 0 Å². The molecule has 1 aliphatic carbocycles. The number of allylic oxidation sites excluding steroid dienone is 2. The molecule has 25 heavy (non-hydrogen) atoms. The van der Waals surface area contributed by atoms with Crippen LogP contribution in [0.2, 0.25) is 0 Å². The van der Waals surface area contributed by atoms with Gasteiger partial charge < -0.3 is 5.32 Å². The number of nitrogens with one attached hydrogen (secondary N) is 1. The molecule has 1 unspecified atom stereocenters. The van der Waals surface area contributed by atoms with Crippen LogP contribution in [0.4, 0.5) is 5.69 Å². The molecule has 0 spiro atoms. The first-order valence-electron chi connectivity index (χ1n) is 9.00. The number of anilines is 1. The molecule has 3 rings (SSSR count). The third-order valence-electron chi connectivity index (χ3n) is 4.91. The minimum atomic E-state index is -0.0915. The van der Waals surface area contributed by atoms with Gasteiger partial charge in [-0.05, 0) is 49.0 Å². The van der Waals surface area contributed by atoms with Crippen LogP contribution in [0.1, 0.15) is 66.7 Å². The molecule has 0 saturated heterocycles. The Morgan fingerprint density at radius 2 is 2.08 bits per heavy atom. The summed E-state index contributed by atoms with van der Waals surface area (Å²) >= 11 is 0. The van der Waals surface area contributed by atoms with E-state index in [2.05, 4.69) is 43.3 Å². The summed E-state index contributed by atoms with van der Waals surface area (Å²) in [6.45, 7) is 8.53. The Kier molecular flexibility index (Phi) is 4.80. The van der Waals surface area contributed by atoms with E-state index in [-0.39, 0.29) is 5.91 Å². The molecule has 2 aromatic rings. The Bertz CT molecular complexity index is 830. The van der Waals surface area contributed by atoms with Gasteiger partial charge in [-0.2, -0.15) is 5.10 Å². The number of rotatable bonds is 5. The van der Waals surface area contributed by atoms with Crippen molar-refractivity contribution in [3.63, 3.8) is 0 Å². The number of amides is 1. The minimum absolute atomic E-state index is 0.0915. The fraction of sp³-hybridized carbons (Fsp3) is 0.429. The van der Waals surface area contributed by atoms with Gasteiger partial charge in [0.2, 0.25) is 0 Å². The standard InChI is InChI=1S/C21H27N3O/c1-13(2)9-10-16-11-14(3)17-7-6-8-19(20(16)17)22-21(25)18-12-24(5)23-15(18)4/h6-8,11-13,16H,9-10H2,1-5H3,(H,22,25). The monoisotopic (exact) mass is 337 g/mol. The highest BCUT2D eigenvalue weighted by Gasteiger charge is 2.25. The Labute approximate surface area is 149 Å². The fourth-order valence-electron chi connectivity index (χ4n) is 3.65. The molecule has 1 atom stereocenters. The van der Waals surface area contributed by atoms with Gasteiger partial charge in [0.15, 0.2) is 0 Å². The minimum Gasteiger partial charge on any atom is -0.322 e. The van der Waals surface area contributed by atoms with E-state index in [1.807, 2.05) is 26.1 Å². The Morgan fingerprint density at radius 1 is 1.32 bits per heavy atom. The molecule has 0 saturated carbocycles. The first-order chi connectivity index (χ1) is 11.9. The normalized spacial score (nSPS) is 16.1. The van der Waals surface area contributed by atoms with Crippen LogP contribution >= 0.6 is 0 Å². The molecule has 1 amide bonds. The number of benzene rings is 1. The fourth-order valence-corrected chi connectivity index (χ4v) is 3.65. The first kappa shape index (κ1) is 17.5. The van der Waals surface area contributed by atoms with Crippen molar-refractivity contribution in [3.05, 3.63) is 52.9 Å². The number of hydrogen-bond acceptors (Lipinski definition) is 2. The van der Waals surface area contributed by atoms with Gasteiger partial charge in [0.1, 0.15) is 0 Å². The second-order valence-electron chi connectivity index (χ2n) is 7.45. The summed E-state index contributed by atoms with van der Waals surface area (Å²) in [5, 5.41) is 7.39. The van der Waals surface area contributed by atoms with Crippen molar-refractivity contribution in [1.82, 2.24) is 9.78 Å². The van der Waals surface area contributed by atoms with Gasteiger partial charge in [0, 0.05) is 24.8 Å². The number of fused-ring (bicyclic) bond motifs is 1. The number of nitrogens with zero attached hydrogens (tertiary/aromatic N) is 2. The largest absolute Gasteiger partial charge is 0.322 e. The van der Waals surface area contributed by atoms with Crippen molar-refractivity contribution in [2.24, 2.45) is 13.0 Å².